The predicted octanol–water partition coefficient (Wildman–Crippen LogP) is 4.10. The van der Waals surface area contributed by atoms with Crippen LogP contribution in [0.15, 0.2) is 58.4 Å². The highest BCUT2D eigenvalue weighted by Gasteiger charge is 2.23. The number of benzene rings is 2. The first-order valence-corrected chi connectivity index (χ1v) is 7.89. The molecule has 1 heterocycles. The van der Waals surface area contributed by atoms with Crippen molar-refractivity contribution in [2.45, 2.75) is 0 Å². The maximum absolute atomic E-state index is 12.0. The van der Waals surface area contributed by atoms with Crippen LogP contribution in [-0.2, 0) is 4.79 Å². The highest BCUT2D eigenvalue weighted by molar-refractivity contribution is 8.18. The van der Waals surface area contributed by atoms with Gasteiger partial charge in [0.25, 0.3) is 5.91 Å². The van der Waals surface area contributed by atoms with E-state index in [4.69, 9.17) is 16.9 Å². The molecule has 1 fully saturated rings. The molecule has 0 bridgehead atoms. The molecular weight excluding hydrogens is 330 g/mol. The molecule has 0 spiro atoms. The van der Waals surface area contributed by atoms with E-state index >= 15 is 0 Å². The zero-order chi connectivity index (χ0) is 16.2. The first-order chi connectivity index (χ1) is 11.2. The second-order valence-electron chi connectivity index (χ2n) is 4.67. The number of rotatable bonds is 2. The number of aliphatic imine (C=N–C) groups is 1. The van der Waals surface area contributed by atoms with E-state index in [9.17, 15) is 4.79 Å². The minimum absolute atomic E-state index is 0.204. The number of amidine groups is 1. The van der Waals surface area contributed by atoms with Crippen LogP contribution >= 0.6 is 23.4 Å². The monoisotopic (exact) mass is 339 g/mol. The highest BCUT2D eigenvalue weighted by atomic mass is 35.5. The van der Waals surface area contributed by atoms with E-state index < -0.39 is 0 Å². The molecule has 6 heteroatoms. The van der Waals surface area contributed by atoms with Crippen LogP contribution < -0.4 is 5.32 Å². The molecule has 2 aromatic rings. The molecule has 2 aromatic carbocycles. The highest BCUT2D eigenvalue weighted by Crippen LogP contribution is 2.30. The summed E-state index contributed by atoms with van der Waals surface area (Å²) >= 11 is 7.32. The van der Waals surface area contributed by atoms with Crippen molar-refractivity contribution in [3.63, 3.8) is 0 Å². The average Bonchev–Trinajstić information content (AvgIpc) is 2.90. The van der Waals surface area contributed by atoms with Crippen molar-refractivity contribution < 1.29 is 4.79 Å². The van der Waals surface area contributed by atoms with Crippen molar-refractivity contribution in [3.8, 4) is 6.07 Å². The lowest BCUT2D eigenvalue weighted by molar-refractivity contribution is -0.115. The van der Waals surface area contributed by atoms with Gasteiger partial charge < -0.3 is 5.32 Å². The summed E-state index contributed by atoms with van der Waals surface area (Å²) in [6, 6.07) is 16.3. The van der Waals surface area contributed by atoms with Crippen LogP contribution in [-0.4, -0.2) is 11.1 Å². The molecule has 112 valence electrons. The number of carbonyl (C=O) groups excluding carboxylic acids is 1. The standard InChI is InChI=1S/C17H10ClN3OS/c18-13-3-1-2-4-14(13)20-17-21-16(22)15(23-17)9-11-5-7-12(10-19)8-6-11/h1-9H,(H,20,21,22)/b15-9+. The molecule has 1 aliphatic rings. The molecule has 23 heavy (non-hydrogen) atoms. The third-order valence-electron chi connectivity index (χ3n) is 3.06. The Hall–Kier alpha value is -2.55. The molecule has 0 radical (unpaired) electrons. The summed E-state index contributed by atoms with van der Waals surface area (Å²) in [7, 11) is 0. The zero-order valence-corrected chi connectivity index (χ0v) is 13.4. The third-order valence-corrected chi connectivity index (χ3v) is 4.29. The Kier molecular flexibility index (Phi) is 4.47. The summed E-state index contributed by atoms with van der Waals surface area (Å²) < 4.78 is 0. The molecule has 4 nitrogen and oxygen atoms in total. The average molecular weight is 340 g/mol. The molecule has 0 aliphatic carbocycles. The quantitative estimate of drug-likeness (QED) is 0.837. The summed E-state index contributed by atoms with van der Waals surface area (Å²) in [4.78, 5) is 16.9. The largest absolute Gasteiger partial charge is 0.300 e. The van der Waals surface area contributed by atoms with Crippen LogP contribution in [0.5, 0.6) is 0 Å². The number of nitrogens with zero attached hydrogens (tertiary/aromatic N) is 2. The Labute approximate surface area is 142 Å². The van der Waals surface area contributed by atoms with Gasteiger partial charge in [0.1, 0.15) is 0 Å². The van der Waals surface area contributed by atoms with E-state index in [1.807, 2.05) is 12.1 Å². The van der Waals surface area contributed by atoms with E-state index in [0.717, 1.165) is 5.56 Å². The summed E-state index contributed by atoms with van der Waals surface area (Å²) in [5.41, 5.74) is 2.04. The van der Waals surface area contributed by atoms with Gasteiger partial charge in [-0.25, -0.2) is 4.99 Å². The second kappa shape index (κ2) is 6.69. The van der Waals surface area contributed by atoms with Crippen LogP contribution in [0.3, 0.4) is 0 Å². The van der Waals surface area contributed by atoms with Crippen LogP contribution in [0.1, 0.15) is 11.1 Å². The molecule has 3 rings (SSSR count). The predicted molar refractivity (Wildman–Crippen MR) is 93.4 cm³/mol. The van der Waals surface area contributed by atoms with Gasteiger partial charge >= 0.3 is 0 Å². The number of hydrogen-bond donors (Lipinski definition) is 1. The van der Waals surface area contributed by atoms with E-state index in [0.29, 0.717) is 26.3 Å². The number of halogens is 1. The van der Waals surface area contributed by atoms with Crippen molar-refractivity contribution in [2.24, 2.45) is 4.99 Å². The number of para-hydroxylation sites is 1. The van der Waals surface area contributed by atoms with Crippen LogP contribution in [0.4, 0.5) is 5.69 Å². The molecule has 1 saturated heterocycles. The Balaban J connectivity index is 1.83. The number of amides is 1. The Bertz CT molecular complexity index is 866. The SMILES string of the molecule is N#Cc1ccc(/C=C2/SC(=Nc3ccccc3Cl)NC2=O)cc1. The number of hydrogen-bond acceptors (Lipinski definition) is 4. The Morgan fingerprint density at radius 1 is 1.17 bits per heavy atom. The molecule has 1 N–H and O–H groups in total. The lowest BCUT2D eigenvalue weighted by Crippen LogP contribution is -2.19. The van der Waals surface area contributed by atoms with Gasteiger partial charge in [-0.2, -0.15) is 5.26 Å². The van der Waals surface area contributed by atoms with E-state index in [-0.39, 0.29) is 5.91 Å². The van der Waals surface area contributed by atoms with E-state index in [2.05, 4.69) is 16.4 Å². The molecule has 0 unspecified atom stereocenters. The Morgan fingerprint density at radius 3 is 2.61 bits per heavy atom. The number of nitriles is 1. The summed E-state index contributed by atoms with van der Waals surface area (Å²) in [5, 5.41) is 12.5. The van der Waals surface area contributed by atoms with Gasteiger partial charge in [-0.05, 0) is 47.7 Å². The van der Waals surface area contributed by atoms with Crippen molar-refractivity contribution in [1.29, 1.82) is 5.26 Å². The number of thioether (sulfide) groups is 1. The Morgan fingerprint density at radius 2 is 1.91 bits per heavy atom. The minimum Gasteiger partial charge on any atom is -0.300 e. The van der Waals surface area contributed by atoms with Crippen molar-refractivity contribution in [2.75, 3.05) is 0 Å². The fourth-order valence-corrected chi connectivity index (χ4v) is 2.95. The molecule has 0 aromatic heterocycles. The van der Waals surface area contributed by atoms with Crippen LogP contribution in [0, 0.1) is 11.3 Å². The van der Waals surface area contributed by atoms with Crippen molar-refractivity contribution in [3.05, 3.63) is 69.6 Å². The minimum atomic E-state index is -0.204. The first kappa shape index (κ1) is 15.3. The summed E-state index contributed by atoms with van der Waals surface area (Å²) in [6.07, 6.45) is 1.76. The van der Waals surface area contributed by atoms with Crippen molar-refractivity contribution >= 4 is 46.2 Å². The maximum Gasteiger partial charge on any atom is 0.264 e. The smallest absolute Gasteiger partial charge is 0.264 e. The second-order valence-corrected chi connectivity index (χ2v) is 6.10. The first-order valence-electron chi connectivity index (χ1n) is 6.70. The fraction of sp³-hybridized carbons (Fsp3) is 0. The van der Waals surface area contributed by atoms with Gasteiger partial charge in [0, 0.05) is 0 Å². The van der Waals surface area contributed by atoms with Gasteiger partial charge in [-0.1, -0.05) is 35.9 Å². The van der Waals surface area contributed by atoms with Gasteiger partial charge in [0.05, 0.1) is 27.2 Å². The molecule has 1 aliphatic heterocycles. The van der Waals surface area contributed by atoms with Gasteiger partial charge in [-0.15, -0.1) is 0 Å². The number of nitrogens with one attached hydrogen (secondary N) is 1. The molecule has 0 atom stereocenters. The molecule has 1 amide bonds. The lowest BCUT2D eigenvalue weighted by Gasteiger charge is -1.98. The van der Waals surface area contributed by atoms with Crippen molar-refractivity contribution in [1.82, 2.24) is 5.32 Å². The van der Waals surface area contributed by atoms with E-state index in [1.165, 1.54) is 11.8 Å². The number of carbonyl (C=O) groups is 1. The fourth-order valence-electron chi connectivity index (χ4n) is 1.94. The van der Waals surface area contributed by atoms with Gasteiger partial charge in [0.15, 0.2) is 5.17 Å². The third kappa shape index (κ3) is 3.62. The molecule has 0 saturated carbocycles. The van der Waals surface area contributed by atoms with Crippen LogP contribution in [0.25, 0.3) is 6.08 Å². The lowest BCUT2D eigenvalue weighted by atomic mass is 10.1. The van der Waals surface area contributed by atoms with Crippen LogP contribution in [0.2, 0.25) is 5.02 Å². The van der Waals surface area contributed by atoms with Gasteiger partial charge in [-0.3, -0.25) is 4.79 Å². The van der Waals surface area contributed by atoms with Gasteiger partial charge in [0.2, 0.25) is 0 Å². The zero-order valence-electron chi connectivity index (χ0n) is 11.8. The molecular formula is C17H10ClN3OS. The topological polar surface area (TPSA) is 65.2 Å². The van der Waals surface area contributed by atoms with E-state index in [1.54, 1.807) is 42.5 Å². The summed E-state index contributed by atoms with van der Waals surface area (Å²) in [5.74, 6) is -0.204. The maximum atomic E-state index is 12.0. The summed E-state index contributed by atoms with van der Waals surface area (Å²) in [6.45, 7) is 0. The normalized spacial score (nSPS) is 17.3.